The van der Waals surface area contributed by atoms with E-state index in [-0.39, 0.29) is 12.3 Å². The maximum atomic E-state index is 11.4. The molecule has 0 saturated heterocycles. The fourth-order valence-electron chi connectivity index (χ4n) is 1.18. The van der Waals surface area contributed by atoms with Gasteiger partial charge in [0.05, 0.1) is 12.8 Å². The minimum Gasteiger partial charge on any atom is -0.495 e. The van der Waals surface area contributed by atoms with Crippen molar-refractivity contribution in [2.45, 2.75) is 12.8 Å². The van der Waals surface area contributed by atoms with Crippen molar-refractivity contribution in [1.29, 1.82) is 0 Å². The SMILES string of the molecule is C#CCCC(=O)Nc1cc(Cl)ccc1OC. The summed E-state index contributed by atoms with van der Waals surface area (Å²) in [5.41, 5.74) is 0.553. The van der Waals surface area contributed by atoms with Gasteiger partial charge in [-0.25, -0.2) is 0 Å². The first kappa shape index (κ1) is 12.4. The van der Waals surface area contributed by atoms with Crippen molar-refractivity contribution in [3.05, 3.63) is 23.2 Å². The molecule has 0 aliphatic rings. The number of terminal acetylenes is 1. The maximum absolute atomic E-state index is 11.4. The van der Waals surface area contributed by atoms with Crippen LogP contribution in [0.15, 0.2) is 18.2 Å². The Morgan fingerprint density at radius 1 is 1.62 bits per heavy atom. The molecule has 3 nitrogen and oxygen atoms in total. The summed E-state index contributed by atoms with van der Waals surface area (Å²) in [7, 11) is 1.53. The van der Waals surface area contributed by atoms with Crippen LogP contribution < -0.4 is 10.1 Å². The number of anilines is 1. The molecule has 1 N–H and O–H groups in total. The largest absolute Gasteiger partial charge is 0.495 e. The minimum absolute atomic E-state index is 0.154. The number of hydrogen-bond acceptors (Lipinski definition) is 2. The molecule has 0 radical (unpaired) electrons. The van der Waals surface area contributed by atoms with E-state index >= 15 is 0 Å². The standard InChI is InChI=1S/C12H12ClNO2/c1-3-4-5-12(15)14-10-8-9(13)6-7-11(10)16-2/h1,6-8H,4-5H2,2H3,(H,14,15). The molecule has 0 bridgehead atoms. The summed E-state index contributed by atoms with van der Waals surface area (Å²) in [6, 6.07) is 5.02. The fourth-order valence-corrected chi connectivity index (χ4v) is 1.35. The van der Waals surface area contributed by atoms with Crippen LogP contribution in [0.1, 0.15) is 12.8 Å². The smallest absolute Gasteiger partial charge is 0.225 e. The summed E-state index contributed by atoms with van der Waals surface area (Å²) in [6.07, 6.45) is 5.77. The van der Waals surface area contributed by atoms with Crippen LogP contribution in [-0.2, 0) is 4.79 Å². The van der Waals surface area contributed by atoms with Crippen LogP contribution >= 0.6 is 11.6 Å². The first-order valence-electron chi connectivity index (χ1n) is 4.74. The first-order valence-corrected chi connectivity index (χ1v) is 5.12. The van der Waals surface area contributed by atoms with Gasteiger partial charge in [0, 0.05) is 17.9 Å². The van der Waals surface area contributed by atoms with E-state index in [4.69, 9.17) is 22.8 Å². The molecule has 0 fully saturated rings. The lowest BCUT2D eigenvalue weighted by atomic mass is 10.2. The number of hydrogen-bond donors (Lipinski definition) is 1. The third kappa shape index (κ3) is 3.48. The summed E-state index contributed by atoms with van der Waals surface area (Å²) in [5, 5.41) is 3.23. The van der Waals surface area contributed by atoms with Crippen LogP contribution in [0.2, 0.25) is 5.02 Å². The van der Waals surface area contributed by atoms with E-state index < -0.39 is 0 Å². The molecule has 0 aliphatic carbocycles. The van der Waals surface area contributed by atoms with Crippen LogP contribution in [-0.4, -0.2) is 13.0 Å². The molecule has 0 aromatic heterocycles. The average Bonchev–Trinajstić information content (AvgIpc) is 2.27. The zero-order chi connectivity index (χ0) is 12.0. The van der Waals surface area contributed by atoms with E-state index in [0.717, 1.165) is 0 Å². The second kappa shape index (κ2) is 6.04. The highest BCUT2D eigenvalue weighted by Crippen LogP contribution is 2.27. The van der Waals surface area contributed by atoms with Crippen LogP contribution in [0.25, 0.3) is 0 Å². The lowest BCUT2D eigenvalue weighted by molar-refractivity contribution is -0.116. The number of carbonyl (C=O) groups excluding carboxylic acids is 1. The van der Waals surface area contributed by atoms with E-state index in [1.165, 1.54) is 7.11 Å². The third-order valence-electron chi connectivity index (χ3n) is 1.93. The lowest BCUT2D eigenvalue weighted by Crippen LogP contribution is -2.11. The van der Waals surface area contributed by atoms with Crippen molar-refractivity contribution >= 4 is 23.2 Å². The van der Waals surface area contributed by atoms with Crippen LogP contribution in [0.5, 0.6) is 5.75 Å². The number of carbonyl (C=O) groups is 1. The molecule has 1 amide bonds. The molecule has 0 atom stereocenters. The van der Waals surface area contributed by atoms with Gasteiger partial charge in [-0.15, -0.1) is 12.3 Å². The van der Waals surface area contributed by atoms with Gasteiger partial charge in [0.15, 0.2) is 0 Å². The monoisotopic (exact) mass is 237 g/mol. The topological polar surface area (TPSA) is 38.3 Å². The first-order chi connectivity index (χ1) is 7.67. The van der Waals surface area contributed by atoms with Crippen molar-refractivity contribution < 1.29 is 9.53 Å². The van der Waals surface area contributed by atoms with Gasteiger partial charge in [0.2, 0.25) is 5.91 Å². The second-order valence-electron chi connectivity index (χ2n) is 3.10. The molecular formula is C12H12ClNO2. The number of benzene rings is 1. The summed E-state index contributed by atoms with van der Waals surface area (Å²) >= 11 is 5.82. The Kier molecular flexibility index (Phi) is 4.68. The molecule has 1 aromatic carbocycles. The summed E-state index contributed by atoms with van der Waals surface area (Å²) in [5.74, 6) is 2.82. The minimum atomic E-state index is -0.154. The Balaban J connectivity index is 2.76. The van der Waals surface area contributed by atoms with Gasteiger partial charge < -0.3 is 10.1 Å². The van der Waals surface area contributed by atoms with Crippen molar-refractivity contribution in [2.75, 3.05) is 12.4 Å². The maximum Gasteiger partial charge on any atom is 0.225 e. The fraction of sp³-hybridized carbons (Fsp3) is 0.250. The quantitative estimate of drug-likeness (QED) is 0.818. The van der Waals surface area contributed by atoms with Crippen molar-refractivity contribution in [3.63, 3.8) is 0 Å². The predicted octanol–water partition coefficient (Wildman–Crippen LogP) is 2.70. The summed E-state index contributed by atoms with van der Waals surface area (Å²) < 4.78 is 5.09. The highest BCUT2D eigenvalue weighted by Gasteiger charge is 2.07. The predicted molar refractivity (Wildman–Crippen MR) is 64.7 cm³/mol. The van der Waals surface area contributed by atoms with Crippen LogP contribution in [0.4, 0.5) is 5.69 Å². The molecule has 1 rings (SSSR count). The van der Waals surface area contributed by atoms with Gasteiger partial charge in [-0.3, -0.25) is 4.79 Å². The Hall–Kier alpha value is -1.66. The van der Waals surface area contributed by atoms with E-state index in [9.17, 15) is 4.79 Å². The molecule has 1 aromatic rings. The van der Waals surface area contributed by atoms with Gasteiger partial charge in [-0.05, 0) is 18.2 Å². The highest BCUT2D eigenvalue weighted by atomic mass is 35.5. The molecule has 0 spiro atoms. The highest BCUT2D eigenvalue weighted by molar-refractivity contribution is 6.31. The van der Waals surface area contributed by atoms with E-state index in [0.29, 0.717) is 22.9 Å². The molecule has 0 unspecified atom stereocenters. The normalized spacial score (nSPS) is 9.31. The number of nitrogens with one attached hydrogen (secondary N) is 1. The number of amides is 1. The van der Waals surface area contributed by atoms with Crippen molar-refractivity contribution in [2.24, 2.45) is 0 Å². The van der Waals surface area contributed by atoms with Gasteiger partial charge in [-0.1, -0.05) is 11.6 Å². The van der Waals surface area contributed by atoms with Gasteiger partial charge in [0.1, 0.15) is 5.75 Å². The number of ether oxygens (including phenoxy) is 1. The summed E-state index contributed by atoms with van der Waals surface area (Å²) in [4.78, 5) is 11.4. The Labute approximate surface area is 99.7 Å². The van der Waals surface area contributed by atoms with Crippen LogP contribution in [0.3, 0.4) is 0 Å². The van der Waals surface area contributed by atoms with Crippen molar-refractivity contribution in [3.8, 4) is 18.1 Å². The number of methoxy groups -OCH3 is 1. The van der Waals surface area contributed by atoms with E-state index in [1.807, 2.05) is 0 Å². The van der Waals surface area contributed by atoms with Crippen molar-refractivity contribution in [1.82, 2.24) is 0 Å². The molecular weight excluding hydrogens is 226 g/mol. The van der Waals surface area contributed by atoms with E-state index in [2.05, 4.69) is 11.2 Å². The molecule has 84 valence electrons. The van der Waals surface area contributed by atoms with Gasteiger partial charge >= 0.3 is 0 Å². The average molecular weight is 238 g/mol. The molecule has 0 aliphatic heterocycles. The van der Waals surface area contributed by atoms with Gasteiger partial charge in [0.25, 0.3) is 0 Å². The Morgan fingerprint density at radius 2 is 2.38 bits per heavy atom. The zero-order valence-electron chi connectivity index (χ0n) is 8.92. The molecule has 4 heteroatoms. The number of halogens is 1. The lowest BCUT2D eigenvalue weighted by Gasteiger charge is -2.09. The molecule has 0 heterocycles. The van der Waals surface area contributed by atoms with Gasteiger partial charge in [-0.2, -0.15) is 0 Å². The Morgan fingerprint density at radius 3 is 3.00 bits per heavy atom. The Bertz CT molecular complexity index is 424. The summed E-state index contributed by atoms with van der Waals surface area (Å²) in [6.45, 7) is 0. The van der Waals surface area contributed by atoms with Crippen LogP contribution in [0, 0.1) is 12.3 Å². The second-order valence-corrected chi connectivity index (χ2v) is 3.53. The number of rotatable bonds is 4. The molecule has 16 heavy (non-hydrogen) atoms. The zero-order valence-corrected chi connectivity index (χ0v) is 9.67. The van der Waals surface area contributed by atoms with E-state index in [1.54, 1.807) is 18.2 Å². The third-order valence-corrected chi connectivity index (χ3v) is 2.17. The molecule has 0 saturated carbocycles.